The van der Waals surface area contributed by atoms with Crippen molar-refractivity contribution in [3.8, 4) is 0 Å². The number of nitrogens with zero attached hydrogens (tertiary/aromatic N) is 3. The van der Waals surface area contributed by atoms with Gasteiger partial charge in [0.05, 0.1) is 17.3 Å². The number of halogens is 1. The van der Waals surface area contributed by atoms with Gasteiger partial charge < -0.3 is 0 Å². The number of pyridine rings is 2. The summed E-state index contributed by atoms with van der Waals surface area (Å²) in [5.74, 6) is 0. The van der Waals surface area contributed by atoms with Crippen molar-refractivity contribution in [2.24, 2.45) is 0 Å². The topological polar surface area (TPSA) is 63.2 Å². The molecule has 2 heterocycles. The average Bonchev–Trinajstić information content (AvgIpc) is 2.39. The molecule has 106 valence electrons. The van der Waals surface area contributed by atoms with Crippen LogP contribution in [0.4, 0.5) is 0 Å². The van der Waals surface area contributed by atoms with Crippen molar-refractivity contribution in [3.05, 3.63) is 53.1 Å². The molecular formula is C13H14ClN3O2S. The van der Waals surface area contributed by atoms with Crippen LogP contribution >= 0.6 is 11.6 Å². The molecule has 0 atom stereocenters. The van der Waals surface area contributed by atoms with E-state index in [0.29, 0.717) is 5.69 Å². The molecule has 0 aliphatic heterocycles. The smallest absolute Gasteiger partial charge is 0.246 e. The lowest BCUT2D eigenvalue weighted by Crippen LogP contribution is -2.27. The largest absolute Gasteiger partial charge is 0.263 e. The van der Waals surface area contributed by atoms with Crippen LogP contribution in [0.3, 0.4) is 0 Å². The van der Waals surface area contributed by atoms with E-state index in [1.54, 1.807) is 6.07 Å². The Bertz CT molecular complexity index is 719. The van der Waals surface area contributed by atoms with Crippen LogP contribution in [0.5, 0.6) is 0 Å². The molecule has 0 aliphatic rings. The second-order valence-corrected chi connectivity index (χ2v) is 6.76. The van der Waals surface area contributed by atoms with Gasteiger partial charge in [-0.25, -0.2) is 8.42 Å². The maximum Gasteiger partial charge on any atom is 0.246 e. The highest BCUT2D eigenvalue weighted by molar-refractivity contribution is 7.89. The van der Waals surface area contributed by atoms with Crippen molar-refractivity contribution in [2.75, 3.05) is 7.05 Å². The van der Waals surface area contributed by atoms with Crippen molar-refractivity contribution in [1.29, 1.82) is 0 Å². The van der Waals surface area contributed by atoms with Gasteiger partial charge in [-0.1, -0.05) is 17.7 Å². The Labute approximate surface area is 123 Å². The molecule has 0 N–H and O–H groups in total. The van der Waals surface area contributed by atoms with Crippen molar-refractivity contribution in [3.63, 3.8) is 0 Å². The lowest BCUT2D eigenvalue weighted by Gasteiger charge is -2.17. The van der Waals surface area contributed by atoms with Crippen LogP contribution in [0.15, 0.2) is 41.6 Å². The van der Waals surface area contributed by atoms with E-state index >= 15 is 0 Å². The van der Waals surface area contributed by atoms with Gasteiger partial charge in [-0.15, -0.1) is 0 Å². The van der Waals surface area contributed by atoms with Gasteiger partial charge in [0.2, 0.25) is 10.0 Å². The number of hydrogen-bond donors (Lipinski definition) is 0. The van der Waals surface area contributed by atoms with Gasteiger partial charge in [-0.3, -0.25) is 9.97 Å². The second-order valence-electron chi connectivity index (χ2n) is 4.34. The molecule has 0 amide bonds. The molecule has 0 aromatic carbocycles. The van der Waals surface area contributed by atoms with Crippen molar-refractivity contribution >= 4 is 21.6 Å². The zero-order valence-electron chi connectivity index (χ0n) is 11.1. The van der Waals surface area contributed by atoms with Crippen LogP contribution in [0.25, 0.3) is 0 Å². The van der Waals surface area contributed by atoms with Crippen LogP contribution < -0.4 is 0 Å². The van der Waals surface area contributed by atoms with E-state index < -0.39 is 10.0 Å². The Morgan fingerprint density at radius 1 is 1.30 bits per heavy atom. The zero-order chi connectivity index (χ0) is 14.8. The molecule has 0 saturated heterocycles. The minimum atomic E-state index is -3.68. The number of aromatic nitrogens is 2. The SMILES string of the molecule is Cc1cccc(CN(C)S(=O)(=O)c2cnccc2Cl)n1. The lowest BCUT2D eigenvalue weighted by atomic mass is 10.3. The Morgan fingerprint density at radius 3 is 2.70 bits per heavy atom. The highest BCUT2D eigenvalue weighted by Crippen LogP contribution is 2.23. The molecule has 2 rings (SSSR count). The van der Waals surface area contributed by atoms with Gasteiger partial charge >= 0.3 is 0 Å². The monoisotopic (exact) mass is 311 g/mol. The van der Waals surface area contributed by atoms with Gasteiger partial charge in [-0.05, 0) is 25.1 Å². The number of aryl methyl sites for hydroxylation is 1. The van der Waals surface area contributed by atoms with E-state index in [1.807, 2.05) is 19.1 Å². The van der Waals surface area contributed by atoms with E-state index in [0.717, 1.165) is 5.69 Å². The molecule has 0 radical (unpaired) electrons. The van der Waals surface area contributed by atoms with E-state index in [-0.39, 0.29) is 16.5 Å². The van der Waals surface area contributed by atoms with E-state index in [2.05, 4.69) is 9.97 Å². The minimum Gasteiger partial charge on any atom is -0.263 e. The Kier molecular flexibility index (Phi) is 4.37. The van der Waals surface area contributed by atoms with Crippen LogP contribution in [-0.2, 0) is 16.6 Å². The van der Waals surface area contributed by atoms with E-state index in [9.17, 15) is 8.42 Å². The summed E-state index contributed by atoms with van der Waals surface area (Å²) in [6.07, 6.45) is 2.70. The number of sulfonamides is 1. The lowest BCUT2D eigenvalue weighted by molar-refractivity contribution is 0.461. The normalized spacial score (nSPS) is 11.8. The van der Waals surface area contributed by atoms with Crippen molar-refractivity contribution in [2.45, 2.75) is 18.4 Å². The van der Waals surface area contributed by atoms with Crippen molar-refractivity contribution in [1.82, 2.24) is 14.3 Å². The van der Waals surface area contributed by atoms with Crippen LogP contribution in [0, 0.1) is 6.92 Å². The van der Waals surface area contributed by atoms with Gasteiger partial charge in [-0.2, -0.15) is 4.31 Å². The quantitative estimate of drug-likeness (QED) is 0.869. The third kappa shape index (κ3) is 3.15. The van der Waals surface area contributed by atoms with Gasteiger partial charge in [0.1, 0.15) is 4.90 Å². The van der Waals surface area contributed by atoms with Crippen LogP contribution in [0.1, 0.15) is 11.4 Å². The molecule has 0 fully saturated rings. The fraction of sp³-hybridized carbons (Fsp3) is 0.231. The first kappa shape index (κ1) is 14.9. The minimum absolute atomic E-state index is 0.00294. The number of rotatable bonds is 4. The molecule has 0 spiro atoms. The third-order valence-electron chi connectivity index (χ3n) is 2.75. The maximum absolute atomic E-state index is 12.4. The molecular weight excluding hydrogens is 298 g/mol. The molecule has 0 unspecified atom stereocenters. The Balaban J connectivity index is 2.29. The van der Waals surface area contributed by atoms with Gasteiger partial charge in [0.25, 0.3) is 0 Å². The average molecular weight is 312 g/mol. The summed E-state index contributed by atoms with van der Waals surface area (Å²) in [6, 6.07) is 6.93. The first-order valence-electron chi connectivity index (χ1n) is 5.89. The second kappa shape index (κ2) is 5.87. The molecule has 0 bridgehead atoms. The first-order chi connectivity index (χ1) is 9.41. The predicted molar refractivity (Wildman–Crippen MR) is 76.9 cm³/mol. The van der Waals surface area contributed by atoms with Crippen LogP contribution in [0.2, 0.25) is 5.02 Å². The molecule has 7 heteroatoms. The summed E-state index contributed by atoms with van der Waals surface area (Å²) >= 11 is 5.92. The van der Waals surface area contributed by atoms with Crippen LogP contribution in [-0.4, -0.2) is 29.7 Å². The molecule has 2 aromatic rings. The summed E-state index contributed by atoms with van der Waals surface area (Å²) in [5, 5.41) is 0.157. The maximum atomic E-state index is 12.4. The summed E-state index contributed by atoms with van der Waals surface area (Å²) in [5.41, 5.74) is 1.52. The third-order valence-corrected chi connectivity index (χ3v) is 5.03. The summed E-state index contributed by atoms with van der Waals surface area (Å²) in [7, 11) is -2.19. The standard InChI is InChI=1S/C13H14ClN3O2S/c1-10-4-3-5-11(16-10)9-17(2)20(18,19)13-8-15-7-6-12(13)14/h3-8H,9H2,1-2H3. The summed E-state index contributed by atoms with van der Waals surface area (Å²) in [4.78, 5) is 8.09. The zero-order valence-corrected chi connectivity index (χ0v) is 12.7. The summed E-state index contributed by atoms with van der Waals surface area (Å²) in [6.45, 7) is 2.03. The molecule has 0 saturated carbocycles. The van der Waals surface area contributed by atoms with Gasteiger partial charge in [0.15, 0.2) is 0 Å². The number of hydrogen-bond acceptors (Lipinski definition) is 4. The van der Waals surface area contributed by atoms with E-state index in [4.69, 9.17) is 11.6 Å². The summed E-state index contributed by atoms with van der Waals surface area (Å²) < 4.78 is 26.0. The fourth-order valence-electron chi connectivity index (χ4n) is 1.72. The van der Waals surface area contributed by atoms with Gasteiger partial charge in [0, 0.05) is 25.1 Å². The predicted octanol–water partition coefficient (Wildman–Crippen LogP) is 2.26. The molecule has 2 aromatic heterocycles. The molecule has 20 heavy (non-hydrogen) atoms. The highest BCUT2D eigenvalue weighted by Gasteiger charge is 2.24. The Hall–Kier alpha value is -1.50. The first-order valence-corrected chi connectivity index (χ1v) is 7.71. The fourth-order valence-corrected chi connectivity index (χ4v) is 3.27. The van der Waals surface area contributed by atoms with Crippen molar-refractivity contribution < 1.29 is 8.42 Å². The Morgan fingerprint density at radius 2 is 2.05 bits per heavy atom. The highest BCUT2D eigenvalue weighted by atomic mass is 35.5. The molecule has 0 aliphatic carbocycles. The van der Waals surface area contributed by atoms with E-state index in [1.165, 1.54) is 29.8 Å². The molecule has 5 nitrogen and oxygen atoms in total.